The minimum atomic E-state index is -0.695. The Labute approximate surface area is 167 Å². The third-order valence-electron chi connectivity index (χ3n) is 4.39. The average Bonchev–Trinajstić information content (AvgIpc) is 2.60. The van der Waals surface area contributed by atoms with E-state index in [1.165, 1.54) is 22.9 Å². The van der Waals surface area contributed by atoms with E-state index in [0.29, 0.717) is 0 Å². The molecular weight excluding hydrogens is 354 g/mol. The summed E-state index contributed by atoms with van der Waals surface area (Å²) in [4.78, 5) is 14.5. The fourth-order valence-corrected chi connectivity index (χ4v) is 3.88. The van der Waals surface area contributed by atoms with Crippen molar-refractivity contribution in [1.29, 1.82) is 0 Å². The monoisotopic (exact) mass is 385 g/mol. The third-order valence-corrected chi connectivity index (χ3v) is 5.39. The molecule has 0 radical (unpaired) electrons. The van der Waals surface area contributed by atoms with Crippen LogP contribution < -0.4 is 0 Å². The summed E-state index contributed by atoms with van der Waals surface area (Å²) in [6, 6.07) is 20.4. The van der Waals surface area contributed by atoms with Crippen LogP contribution in [-0.2, 0) is 17.9 Å². The molecule has 2 rings (SSSR count). The molecule has 0 spiro atoms. The number of hydrogen-bond donors (Lipinski definition) is 1. The number of benzene rings is 2. The Bertz CT molecular complexity index is 656. The molecule has 0 aromatic heterocycles. The number of rotatable bonds is 8. The van der Waals surface area contributed by atoms with Crippen molar-refractivity contribution in [3.8, 4) is 0 Å². The van der Waals surface area contributed by atoms with Crippen LogP contribution in [0, 0.1) is 0 Å². The van der Waals surface area contributed by atoms with Gasteiger partial charge in [-0.05, 0) is 18.1 Å². The van der Waals surface area contributed by atoms with Crippen LogP contribution >= 0.6 is 11.8 Å². The topological polar surface area (TPSA) is 40.5 Å². The summed E-state index contributed by atoms with van der Waals surface area (Å²) >= 11 is 1.30. The van der Waals surface area contributed by atoms with Crippen LogP contribution in [-0.4, -0.2) is 32.0 Å². The van der Waals surface area contributed by atoms with Crippen LogP contribution in [0.15, 0.2) is 60.7 Å². The average molecular weight is 386 g/mol. The number of thioether (sulfide) groups is 1. The van der Waals surface area contributed by atoms with Gasteiger partial charge < -0.3 is 5.11 Å². The van der Waals surface area contributed by atoms with Gasteiger partial charge in [-0.2, -0.15) is 0 Å². The standard InChI is InChI=1S/C23H31NO2S/c1-18(21(25)15-22(26)27-23(2,3)4)24(16-19-11-7-5-8-12-19)17-20-13-9-6-10-14-20/h5-14,18,21,25H,15-17H2,1-4H3/t18-,21+/m1/s1. The van der Waals surface area contributed by atoms with E-state index in [1.807, 2.05) is 64.1 Å². The molecule has 146 valence electrons. The van der Waals surface area contributed by atoms with Gasteiger partial charge in [0, 0.05) is 30.3 Å². The molecule has 2 atom stereocenters. The highest BCUT2D eigenvalue weighted by molar-refractivity contribution is 8.14. The van der Waals surface area contributed by atoms with Crippen LogP contribution in [0.4, 0.5) is 0 Å². The first-order chi connectivity index (χ1) is 12.7. The zero-order valence-corrected chi connectivity index (χ0v) is 17.6. The normalized spacial score (nSPS) is 14.1. The van der Waals surface area contributed by atoms with Gasteiger partial charge in [0.05, 0.1) is 6.10 Å². The molecule has 0 bridgehead atoms. The number of aliphatic hydroxyl groups excluding tert-OH is 1. The molecule has 3 nitrogen and oxygen atoms in total. The second-order valence-electron chi connectivity index (χ2n) is 7.97. The summed E-state index contributed by atoms with van der Waals surface area (Å²) in [7, 11) is 0. The largest absolute Gasteiger partial charge is 0.391 e. The van der Waals surface area contributed by atoms with E-state index in [1.54, 1.807) is 0 Å². The minimum Gasteiger partial charge on any atom is -0.391 e. The predicted octanol–water partition coefficient (Wildman–Crippen LogP) is 4.89. The second kappa shape index (κ2) is 10.1. The van der Waals surface area contributed by atoms with E-state index >= 15 is 0 Å². The Hall–Kier alpha value is -1.62. The first kappa shape index (κ1) is 21.7. The Morgan fingerprint density at radius 2 is 1.41 bits per heavy atom. The lowest BCUT2D eigenvalue weighted by molar-refractivity contribution is -0.113. The van der Waals surface area contributed by atoms with Crippen LogP contribution in [0.5, 0.6) is 0 Å². The van der Waals surface area contributed by atoms with Gasteiger partial charge in [-0.15, -0.1) is 0 Å². The van der Waals surface area contributed by atoms with Crippen LogP contribution in [0.25, 0.3) is 0 Å². The zero-order valence-electron chi connectivity index (χ0n) is 16.8. The smallest absolute Gasteiger partial charge is 0.192 e. The van der Waals surface area contributed by atoms with Crippen molar-refractivity contribution < 1.29 is 9.90 Å². The molecular formula is C23H31NO2S. The molecule has 0 aliphatic carbocycles. The minimum absolute atomic E-state index is 0.0428. The molecule has 0 heterocycles. The van der Waals surface area contributed by atoms with E-state index in [9.17, 15) is 9.90 Å². The van der Waals surface area contributed by atoms with Crippen LogP contribution in [0.3, 0.4) is 0 Å². The Balaban J connectivity index is 2.09. The van der Waals surface area contributed by atoms with E-state index in [4.69, 9.17) is 0 Å². The highest BCUT2D eigenvalue weighted by Gasteiger charge is 2.26. The molecule has 0 saturated heterocycles. The van der Waals surface area contributed by atoms with Crippen molar-refractivity contribution >= 4 is 16.9 Å². The summed E-state index contributed by atoms with van der Waals surface area (Å²) in [6.45, 7) is 9.52. The van der Waals surface area contributed by atoms with E-state index in [-0.39, 0.29) is 22.3 Å². The second-order valence-corrected chi connectivity index (χ2v) is 9.86. The maximum atomic E-state index is 12.3. The van der Waals surface area contributed by atoms with Crippen molar-refractivity contribution in [3.63, 3.8) is 0 Å². The van der Waals surface area contributed by atoms with Gasteiger partial charge in [0.1, 0.15) is 0 Å². The quantitative estimate of drug-likeness (QED) is 0.703. The first-order valence-corrected chi connectivity index (χ1v) is 10.3. The van der Waals surface area contributed by atoms with Crippen molar-refractivity contribution in [2.45, 2.75) is 64.1 Å². The number of hydrogen-bond acceptors (Lipinski definition) is 4. The third kappa shape index (κ3) is 7.87. The number of aliphatic hydroxyl groups is 1. The highest BCUT2D eigenvalue weighted by atomic mass is 32.2. The summed E-state index contributed by atoms with van der Waals surface area (Å²) < 4.78 is -0.131. The fourth-order valence-electron chi connectivity index (χ4n) is 2.95. The van der Waals surface area contributed by atoms with Gasteiger partial charge in [0.2, 0.25) is 0 Å². The lowest BCUT2D eigenvalue weighted by Crippen LogP contribution is -2.41. The fraction of sp³-hybridized carbons (Fsp3) is 0.435. The molecule has 0 unspecified atom stereocenters. The SMILES string of the molecule is C[C@H]([C@@H](O)CC(=O)SC(C)(C)C)N(Cc1ccccc1)Cc1ccccc1. The Morgan fingerprint density at radius 1 is 0.963 bits per heavy atom. The number of nitrogens with zero attached hydrogens (tertiary/aromatic N) is 1. The Kier molecular flexibility index (Phi) is 8.08. The van der Waals surface area contributed by atoms with Crippen molar-refractivity contribution in [3.05, 3.63) is 71.8 Å². The molecule has 2 aromatic rings. The van der Waals surface area contributed by atoms with Crippen molar-refractivity contribution in [2.24, 2.45) is 0 Å². The van der Waals surface area contributed by atoms with E-state index < -0.39 is 6.10 Å². The summed E-state index contributed by atoms with van der Waals surface area (Å²) in [6.07, 6.45) is -0.525. The van der Waals surface area contributed by atoms with E-state index in [2.05, 4.69) is 29.2 Å². The predicted molar refractivity (Wildman–Crippen MR) is 115 cm³/mol. The zero-order chi connectivity index (χ0) is 19.9. The van der Waals surface area contributed by atoms with Crippen molar-refractivity contribution in [2.75, 3.05) is 0 Å². The molecule has 4 heteroatoms. The number of carbonyl (C=O) groups excluding carboxylic acids is 1. The first-order valence-electron chi connectivity index (χ1n) is 9.46. The molecule has 0 saturated carbocycles. The molecule has 2 aromatic carbocycles. The van der Waals surface area contributed by atoms with Gasteiger partial charge in [0.15, 0.2) is 5.12 Å². The molecule has 27 heavy (non-hydrogen) atoms. The van der Waals surface area contributed by atoms with Crippen LogP contribution in [0.1, 0.15) is 45.2 Å². The molecule has 0 fully saturated rings. The van der Waals surface area contributed by atoms with Gasteiger partial charge >= 0.3 is 0 Å². The molecule has 0 amide bonds. The van der Waals surface area contributed by atoms with Crippen LogP contribution in [0.2, 0.25) is 0 Å². The lowest BCUT2D eigenvalue weighted by Gasteiger charge is -2.32. The highest BCUT2D eigenvalue weighted by Crippen LogP contribution is 2.27. The summed E-state index contributed by atoms with van der Waals surface area (Å²) in [5.74, 6) is 0. The summed E-state index contributed by atoms with van der Waals surface area (Å²) in [5.41, 5.74) is 2.39. The lowest BCUT2D eigenvalue weighted by atomic mass is 10.1. The van der Waals surface area contributed by atoms with Gasteiger partial charge in [-0.1, -0.05) is 93.2 Å². The maximum absolute atomic E-state index is 12.3. The maximum Gasteiger partial charge on any atom is 0.192 e. The molecule has 0 aliphatic rings. The molecule has 1 N–H and O–H groups in total. The Morgan fingerprint density at radius 3 is 1.81 bits per heavy atom. The summed E-state index contributed by atoms with van der Waals surface area (Å²) in [5, 5.41) is 10.8. The van der Waals surface area contributed by atoms with Gasteiger partial charge in [0.25, 0.3) is 0 Å². The van der Waals surface area contributed by atoms with Gasteiger partial charge in [-0.25, -0.2) is 0 Å². The van der Waals surface area contributed by atoms with Crippen molar-refractivity contribution in [1.82, 2.24) is 4.90 Å². The van der Waals surface area contributed by atoms with Gasteiger partial charge in [-0.3, -0.25) is 9.69 Å². The molecule has 0 aliphatic heterocycles. The van der Waals surface area contributed by atoms with E-state index in [0.717, 1.165) is 13.1 Å². The number of carbonyl (C=O) groups is 1.